The monoisotopic (exact) mass is 443 g/mol. The van der Waals surface area contributed by atoms with Crippen molar-refractivity contribution in [2.45, 2.75) is 45.4 Å². The number of rotatable bonds is 10. The third kappa shape index (κ3) is 6.16. The van der Waals surface area contributed by atoms with Gasteiger partial charge in [-0.25, -0.2) is 4.39 Å². The number of nitrogens with zero attached hydrogens (tertiary/aromatic N) is 1. The first kappa shape index (κ1) is 22.5. The van der Waals surface area contributed by atoms with Crippen LogP contribution in [0.4, 0.5) is 10.1 Å². The number of thiocarbonyl (C=S) groups is 1. The van der Waals surface area contributed by atoms with E-state index in [-0.39, 0.29) is 11.7 Å². The molecule has 0 unspecified atom stereocenters. The van der Waals surface area contributed by atoms with Crippen LogP contribution in [-0.4, -0.2) is 16.8 Å². The molecule has 158 valence electrons. The van der Waals surface area contributed by atoms with Crippen LogP contribution in [0.5, 0.6) is 5.75 Å². The smallest absolute Gasteiger partial charge is 0.270 e. The van der Waals surface area contributed by atoms with Gasteiger partial charge in [-0.3, -0.25) is 9.69 Å². The van der Waals surface area contributed by atoms with E-state index < -0.39 is 0 Å². The third-order valence-corrected chi connectivity index (χ3v) is 6.13. The second-order valence-electron chi connectivity index (χ2n) is 7.18. The van der Waals surface area contributed by atoms with E-state index in [9.17, 15) is 9.18 Å². The predicted octanol–water partition coefficient (Wildman–Crippen LogP) is 6.97. The van der Waals surface area contributed by atoms with Crippen LogP contribution in [0, 0.1) is 5.82 Å². The van der Waals surface area contributed by atoms with Gasteiger partial charge in [0.15, 0.2) is 4.32 Å². The van der Waals surface area contributed by atoms with Crippen molar-refractivity contribution in [2.24, 2.45) is 0 Å². The number of ether oxygens (including phenoxy) is 1. The highest BCUT2D eigenvalue weighted by molar-refractivity contribution is 8.27. The Morgan fingerprint density at radius 1 is 1.00 bits per heavy atom. The molecular weight excluding hydrogens is 417 g/mol. The Kier molecular flexibility index (Phi) is 8.46. The normalized spacial score (nSPS) is 15.3. The maximum atomic E-state index is 13.2. The first-order valence-corrected chi connectivity index (χ1v) is 11.6. The van der Waals surface area contributed by atoms with E-state index in [1.165, 1.54) is 60.9 Å². The third-order valence-electron chi connectivity index (χ3n) is 4.82. The second-order valence-corrected chi connectivity index (χ2v) is 8.85. The van der Waals surface area contributed by atoms with E-state index in [0.717, 1.165) is 24.3 Å². The molecular formula is C24H26FNO2S2. The summed E-state index contributed by atoms with van der Waals surface area (Å²) in [5.41, 5.74) is 1.47. The second kappa shape index (κ2) is 11.3. The molecule has 1 saturated heterocycles. The van der Waals surface area contributed by atoms with Crippen molar-refractivity contribution in [3.8, 4) is 5.75 Å². The van der Waals surface area contributed by atoms with Gasteiger partial charge in [0.05, 0.1) is 17.2 Å². The van der Waals surface area contributed by atoms with Crippen LogP contribution in [0.1, 0.15) is 51.0 Å². The number of hydrogen-bond donors (Lipinski definition) is 0. The highest BCUT2D eigenvalue weighted by Gasteiger charge is 2.33. The molecule has 30 heavy (non-hydrogen) atoms. The summed E-state index contributed by atoms with van der Waals surface area (Å²) in [6.07, 6.45) is 9.24. The molecule has 3 rings (SSSR count). The first-order chi connectivity index (χ1) is 14.6. The molecule has 1 aliphatic rings. The van der Waals surface area contributed by atoms with Gasteiger partial charge in [-0.1, -0.05) is 75.1 Å². The molecule has 1 heterocycles. The Hall–Kier alpha value is -2.18. The molecule has 0 radical (unpaired) electrons. The molecule has 1 fully saturated rings. The SMILES string of the molecule is CCCCCCCCOc1ccc(/C=C2\SC(=S)N(c3ccc(F)cc3)C2=O)cc1. The number of amides is 1. The lowest BCUT2D eigenvalue weighted by molar-refractivity contribution is -0.113. The summed E-state index contributed by atoms with van der Waals surface area (Å²) in [4.78, 5) is 14.8. The van der Waals surface area contributed by atoms with E-state index >= 15 is 0 Å². The van der Waals surface area contributed by atoms with Crippen molar-refractivity contribution >= 4 is 46.0 Å². The maximum Gasteiger partial charge on any atom is 0.270 e. The Morgan fingerprint density at radius 2 is 1.67 bits per heavy atom. The quantitative estimate of drug-likeness (QED) is 0.225. The van der Waals surface area contributed by atoms with Crippen molar-refractivity contribution in [3.05, 3.63) is 64.8 Å². The number of carbonyl (C=O) groups is 1. The van der Waals surface area contributed by atoms with E-state index in [2.05, 4.69) is 6.92 Å². The number of hydrogen-bond acceptors (Lipinski definition) is 4. The molecule has 0 saturated carbocycles. The van der Waals surface area contributed by atoms with Crippen molar-refractivity contribution < 1.29 is 13.9 Å². The van der Waals surface area contributed by atoms with Crippen molar-refractivity contribution in [1.29, 1.82) is 0 Å². The van der Waals surface area contributed by atoms with Gasteiger partial charge in [0, 0.05) is 0 Å². The Labute approximate surface area is 187 Å². The van der Waals surface area contributed by atoms with Gasteiger partial charge in [-0.15, -0.1) is 0 Å². The fourth-order valence-electron chi connectivity index (χ4n) is 3.16. The van der Waals surface area contributed by atoms with Crippen LogP contribution in [0.2, 0.25) is 0 Å². The van der Waals surface area contributed by atoms with Gasteiger partial charge in [0.1, 0.15) is 11.6 Å². The van der Waals surface area contributed by atoms with Crippen molar-refractivity contribution in [3.63, 3.8) is 0 Å². The number of anilines is 1. The molecule has 0 bridgehead atoms. The van der Waals surface area contributed by atoms with E-state index in [4.69, 9.17) is 17.0 Å². The lowest BCUT2D eigenvalue weighted by Crippen LogP contribution is -2.27. The molecule has 6 heteroatoms. The minimum absolute atomic E-state index is 0.194. The molecule has 0 N–H and O–H groups in total. The lowest BCUT2D eigenvalue weighted by Gasteiger charge is -2.14. The van der Waals surface area contributed by atoms with Crippen molar-refractivity contribution in [1.82, 2.24) is 0 Å². The van der Waals surface area contributed by atoms with E-state index in [1.807, 2.05) is 30.3 Å². The summed E-state index contributed by atoms with van der Waals surface area (Å²) in [7, 11) is 0. The standard InChI is InChI=1S/C24H26FNO2S2/c1-2-3-4-5-6-7-16-28-21-14-8-18(9-15-21)17-22-23(27)26(24(29)30-22)20-12-10-19(25)11-13-20/h8-15,17H,2-7,16H2,1H3/b22-17-. The Balaban J connectivity index is 1.54. The zero-order chi connectivity index (χ0) is 21.3. The largest absolute Gasteiger partial charge is 0.494 e. The van der Waals surface area contributed by atoms with Gasteiger partial charge < -0.3 is 4.74 Å². The zero-order valence-corrected chi connectivity index (χ0v) is 18.7. The number of benzene rings is 2. The molecule has 0 atom stereocenters. The summed E-state index contributed by atoms with van der Waals surface area (Å²) in [6, 6.07) is 13.5. The first-order valence-electron chi connectivity index (χ1n) is 10.3. The Bertz CT molecular complexity index is 894. The average molecular weight is 444 g/mol. The van der Waals surface area contributed by atoms with Gasteiger partial charge >= 0.3 is 0 Å². The summed E-state index contributed by atoms with van der Waals surface area (Å²) >= 11 is 6.60. The molecule has 0 spiro atoms. The minimum Gasteiger partial charge on any atom is -0.494 e. The Morgan fingerprint density at radius 3 is 2.37 bits per heavy atom. The van der Waals surface area contributed by atoms with Crippen molar-refractivity contribution in [2.75, 3.05) is 11.5 Å². The number of thioether (sulfide) groups is 1. The number of halogens is 1. The highest BCUT2D eigenvalue weighted by atomic mass is 32.2. The zero-order valence-electron chi connectivity index (χ0n) is 17.1. The van der Waals surface area contributed by atoms with Crippen LogP contribution >= 0.6 is 24.0 Å². The highest BCUT2D eigenvalue weighted by Crippen LogP contribution is 2.36. The maximum absolute atomic E-state index is 13.2. The van der Waals surface area contributed by atoms with Gasteiger partial charge in [-0.05, 0) is 54.5 Å². The van der Waals surface area contributed by atoms with E-state index in [0.29, 0.717) is 14.9 Å². The topological polar surface area (TPSA) is 29.5 Å². The fraction of sp³-hybridized carbons (Fsp3) is 0.333. The van der Waals surface area contributed by atoms with Crippen LogP contribution in [0.25, 0.3) is 6.08 Å². The van der Waals surface area contributed by atoms with Crippen LogP contribution in [-0.2, 0) is 4.79 Å². The lowest BCUT2D eigenvalue weighted by atomic mass is 10.1. The summed E-state index contributed by atoms with van der Waals surface area (Å²) < 4.78 is 19.4. The van der Waals surface area contributed by atoms with Gasteiger partial charge in [0.2, 0.25) is 0 Å². The van der Waals surface area contributed by atoms with Gasteiger partial charge in [0.25, 0.3) is 5.91 Å². The van der Waals surface area contributed by atoms with Crippen LogP contribution < -0.4 is 9.64 Å². The minimum atomic E-state index is -0.349. The summed E-state index contributed by atoms with van der Waals surface area (Å²) in [6.45, 7) is 2.95. The molecule has 0 aromatic heterocycles. The van der Waals surface area contributed by atoms with E-state index in [1.54, 1.807) is 12.1 Å². The molecule has 2 aromatic rings. The number of unbranched alkanes of at least 4 members (excludes halogenated alkanes) is 5. The fourth-order valence-corrected chi connectivity index (χ4v) is 4.46. The predicted molar refractivity (Wildman–Crippen MR) is 127 cm³/mol. The average Bonchev–Trinajstić information content (AvgIpc) is 3.02. The summed E-state index contributed by atoms with van der Waals surface area (Å²) in [5, 5.41) is 0. The number of carbonyl (C=O) groups excluding carboxylic acids is 1. The molecule has 3 nitrogen and oxygen atoms in total. The molecule has 1 amide bonds. The molecule has 0 aliphatic carbocycles. The summed E-state index contributed by atoms with van der Waals surface area (Å²) in [5.74, 6) is 0.290. The molecule has 1 aliphatic heterocycles. The van der Waals surface area contributed by atoms with Gasteiger partial charge in [-0.2, -0.15) is 0 Å². The molecule has 2 aromatic carbocycles. The van der Waals surface area contributed by atoms with Crippen LogP contribution in [0.15, 0.2) is 53.4 Å². The van der Waals surface area contributed by atoms with Crippen LogP contribution in [0.3, 0.4) is 0 Å².